The van der Waals surface area contributed by atoms with Crippen LogP contribution in [0.5, 0.6) is 5.75 Å². The third-order valence-corrected chi connectivity index (χ3v) is 3.65. The summed E-state index contributed by atoms with van der Waals surface area (Å²) in [6.45, 7) is 6.34. The number of hydrogen-bond donors (Lipinski definition) is 1. The van der Waals surface area contributed by atoms with Gasteiger partial charge in [0.2, 0.25) is 0 Å². The first-order valence-electron chi connectivity index (χ1n) is 7.57. The van der Waals surface area contributed by atoms with Crippen molar-refractivity contribution in [1.29, 1.82) is 0 Å². The van der Waals surface area contributed by atoms with Crippen LogP contribution >= 0.6 is 0 Å². The Morgan fingerprint density at radius 2 is 1.79 bits per heavy atom. The Bertz CT molecular complexity index is 663. The largest absolute Gasteiger partial charge is 0.497 e. The van der Waals surface area contributed by atoms with E-state index in [1.807, 2.05) is 0 Å². The van der Waals surface area contributed by atoms with E-state index >= 15 is 0 Å². The molecule has 0 unspecified atom stereocenters. The molecule has 1 saturated heterocycles. The SMILES string of the molecule is COc1ccc([C@]2(C)NC(=O)N(CC(=O)OC(C)(C)C)C2=O)cc1. The van der Waals surface area contributed by atoms with Gasteiger partial charge in [-0.25, -0.2) is 4.79 Å². The Morgan fingerprint density at radius 1 is 1.21 bits per heavy atom. The number of esters is 1. The Balaban J connectivity index is 2.19. The first kappa shape index (κ1) is 17.8. The van der Waals surface area contributed by atoms with E-state index in [1.165, 1.54) is 0 Å². The van der Waals surface area contributed by atoms with Crippen molar-refractivity contribution in [2.24, 2.45) is 0 Å². The van der Waals surface area contributed by atoms with Gasteiger partial charge in [-0.3, -0.25) is 14.5 Å². The molecule has 0 spiro atoms. The fraction of sp³-hybridized carbons (Fsp3) is 0.471. The lowest BCUT2D eigenvalue weighted by Crippen LogP contribution is -2.42. The van der Waals surface area contributed by atoms with E-state index in [0.717, 1.165) is 4.90 Å². The predicted molar refractivity (Wildman–Crippen MR) is 86.4 cm³/mol. The van der Waals surface area contributed by atoms with Gasteiger partial charge in [0.05, 0.1) is 7.11 Å². The van der Waals surface area contributed by atoms with E-state index in [0.29, 0.717) is 11.3 Å². The molecule has 1 atom stereocenters. The Hall–Kier alpha value is -2.57. The number of carbonyl (C=O) groups excluding carboxylic acids is 3. The molecular formula is C17H22N2O5. The van der Waals surface area contributed by atoms with Crippen molar-refractivity contribution < 1.29 is 23.9 Å². The maximum Gasteiger partial charge on any atom is 0.326 e. The number of nitrogens with zero attached hydrogens (tertiary/aromatic N) is 1. The molecule has 1 heterocycles. The monoisotopic (exact) mass is 334 g/mol. The summed E-state index contributed by atoms with van der Waals surface area (Å²) in [4.78, 5) is 37.7. The summed E-state index contributed by atoms with van der Waals surface area (Å²) in [6.07, 6.45) is 0. The van der Waals surface area contributed by atoms with Gasteiger partial charge in [-0.05, 0) is 45.4 Å². The first-order chi connectivity index (χ1) is 11.1. The summed E-state index contributed by atoms with van der Waals surface area (Å²) in [5.41, 5.74) is -1.31. The van der Waals surface area contributed by atoms with Crippen LogP contribution in [0.15, 0.2) is 24.3 Å². The highest BCUT2D eigenvalue weighted by molar-refractivity contribution is 6.08. The molecular weight excluding hydrogens is 312 g/mol. The Labute approximate surface area is 140 Å². The highest BCUT2D eigenvalue weighted by Crippen LogP contribution is 2.30. The van der Waals surface area contributed by atoms with Crippen molar-refractivity contribution in [2.75, 3.05) is 13.7 Å². The average molecular weight is 334 g/mol. The van der Waals surface area contributed by atoms with Crippen molar-refractivity contribution in [2.45, 2.75) is 38.8 Å². The number of benzene rings is 1. The minimum Gasteiger partial charge on any atom is -0.497 e. The molecule has 7 nitrogen and oxygen atoms in total. The molecule has 2 rings (SSSR count). The minimum atomic E-state index is -1.23. The fourth-order valence-electron chi connectivity index (χ4n) is 2.46. The summed E-state index contributed by atoms with van der Waals surface area (Å²) in [7, 11) is 1.54. The van der Waals surface area contributed by atoms with Crippen LogP contribution in [0.4, 0.5) is 4.79 Å². The van der Waals surface area contributed by atoms with Gasteiger partial charge in [0.1, 0.15) is 23.4 Å². The maximum atomic E-state index is 12.7. The highest BCUT2D eigenvalue weighted by Gasteiger charge is 2.49. The number of carbonyl (C=O) groups is 3. The minimum absolute atomic E-state index is 0.423. The second-order valence-electron chi connectivity index (χ2n) is 6.76. The molecule has 24 heavy (non-hydrogen) atoms. The number of ether oxygens (including phenoxy) is 2. The van der Waals surface area contributed by atoms with Crippen LogP contribution in [0.1, 0.15) is 33.3 Å². The molecule has 1 N–H and O–H groups in total. The Kier molecular flexibility index (Phi) is 4.55. The molecule has 1 aromatic rings. The molecule has 130 valence electrons. The van der Waals surface area contributed by atoms with Crippen molar-refractivity contribution >= 4 is 17.9 Å². The van der Waals surface area contributed by atoms with Crippen LogP contribution < -0.4 is 10.1 Å². The number of urea groups is 1. The van der Waals surface area contributed by atoms with Crippen molar-refractivity contribution in [3.05, 3.63) is 29.8 Å². The van der Waals surface area contributed by atoms with Gasteiger partial charge in [0.25, 0.3) is 5.91 Å². The van der Waals surface area contributed by atoms with Crippen LogP contribution in [0.2, 0.25) is 0 Å². The summed E-state index contributed by atoms with van der Waals surface area (Å²) < 4.78 is 10.3. The maximum absolute atomic E-state index is 12.7. The number of amides is 3. The van der Waals surface area contributed by atoms with Gasteiger partial charge in [-0.15, -0.1) is 0 Å². The second-order valence-corrected chi connectivity index (χ2v) is 6.76. The number of hydrogen-bond acceptors (Lipinski definition) is 5. The number of rotatable bonds is 4. The van der Waals surface area contributed by atoms with Crippen molar-refractivity contribution in [3.8, 4) is 5.75 Å². The third-order valence-electron chi connectivity index (χ3n) is 3.65. The van der Waals surface area contributed by atoms with Gasteiger partial charge >= 0.3 is 12.0 Å². The normalized spacial score (nSPS) is 20.8. The van der Waals surface area contributed by atoms with E-state index in [4.69, 9.17) is 9.47 Å². The van der Waals surface area contributed by atoms with E-state index < -0.39 is 35.6 Å². The summed E-state index contributed by atoms with van der Waals surface area (Å²) in [5.74, 6) is -0.488. The molecule has 0 aliphatic carbocycles. The van der Waals surface area contributed by atoms with Crippen LogP contribution in [-0.2, 0) is 19.9 Å². The zero-order valence-corrected chi connectivity index (χ0v) is 14.5. The van der Waals surface area contributed by atoms with E-state index in [2.05, 4.69) is 5.32 Å². The smallest absolute Gasteiger partial charge is 0.326 e. The molecule has 1 fully saturated rings. The highest BCUT2D eigenvalue weighted by atomic mass is 16.6. The van der Waals surface area contributed by atoms with Gasteiger partial charge < -0.3 is 14.8 Å². The summed E-state index contributed by atoms with van der Waals surface area (Å²) in [5, 5.41) is 2.64. The second kappa shape index (κ2) is 6.14. The van der Waals surface area contributed by atoms with Gasteiger partial charge in [-0.2, -0.15) is 0 Å². The van der Waals surface area contributed by atoms with Crippen LogP contribution in [0.25, 0.3) is 0 Å². The lowest BCUT2D eigenvalue weighted by atomic mass is 9.92. The van der Waals surface area contributed by atoms with Crippen molar-refractivity contribution in [1.82, 2.24) is 10.2 Å². The van der Waals surface area contributed by atoms with E-state index in [-0.39, 0.29) is 0 Å². The first-order valence-corrected chi connectivity index (χ1v) is 7.57. The van der Waals surface area contributed by atoms with Crippen molar-refractivity contribution in [3.63, 3.8) is 0 Å². The number of methoxy groups -OCH3 is 1. The predicted octanol–water partition coefficient (Wildman–Crippen LogP) is 1.80. The molecule has 1 aromatic carbocycles. The van der Waals surface area contributed by atoms with Crippen LogP contribution in [-0.4, -0.2) is 42.1 Å². The third kappa shape index (κ3) is 3.50. The van der Waals surface area contributed by atoms with Crippen LogP contribution in [0, 0.1) is 0 Å². The number of imide groups is 1. The van der Waals surface area contributed by atoms with Gasteiger partial charge in [-0.1, -0.05) is 12.1 Å². The standard InChI is InChI=1S/C17H22N2O5/c1-16(2,3)24-13(20)10-19-14(21)17(4,18-15(19)22)11-6-8-12(23-5)9-7-11/h6-9H,10H2,1-5H3,(H,18,22)/t17-/m0/s1. The molecule has 0 radical (unpaired) electrons. The molecule has 1 aliphatic rings. The molecule has 7 heteroatoms. The van der Waals surface area contributed by atoms with Gasteiger partial charge in [0, 0.05) is 0 Å². The molecule has 1 aliphatic heterocycles. The Morgan fingerprint density at radius 3 is 2.29 bits per heavy atom. The summed E-state index contributed by atoms with van der Waals surface area (Å²) in [6, 6.07) is 6.19. The summed E-state index contributed by atoms with van der Waals surface area (Å²) >= 11 is 0. The average Bonchev–Trinajstić information content (AvgIpc) is 2.70. The molecule has 0 bridgehead atoms. The molecule has 0 aromatic heterocycles. The zero-order chi connectivity index (χ0) is 18.1. The molecule has 3 amide bonds. The number of nitrogens with one attached hydrogen (secondary N) is 1. The quantitative estimate of drug-likeness (QED) is 0.670. The van der Waals surface area contributed by atoms with E-state index in [9.17, 15) is 14.4 Å². The lowest BCUT2D eigenvalue weighted by Gasteiger charge is -2.23. The van der Waals surface area contributed by atoms with Gasteiger partial charge in [0.15, 0.2) is 0 Å². The molecule has 0 saturated carbocycles. The van der Waals surface area contributed by atoms with Crippen LogP contribution in [0.3, 0.4) is 0 Å². The zero-order valence-electron chi connectivity index (χ0n) is 14.5. The fourth-order valence-corrected chi connectivity index (χ4v) is 2.46. The lowest BCUT2D eigenvalue weighted by molar-refractivity contribution is -0.157. The van der Waals surface area contributed by atoms with E-state index in [1.54, 1.807) is 59.1 Å². The topological polar surface area (TPSA) is 84.9 Å².